The minimum atomic E-state index is -2.93. The summed E-state index contributed by atoms with van der Waals surface area (Å²) in [6.07, 6.45) is 0.992. The topological polar surface area (TPSA) is 73.3 Å². The molecule has 0 radical (unpaired) electrons. The van der Waals surface area contributed by atoms with E-state index in [0.29, 0.717) is 42.1 Å². The van der Waals surface area contributed by atoms with Gasteiger partial charge in [0.15, 0.2) is 17.5 Å². The first-order valence-electron chi connectivity index (χ1n) is 9.38. The van der Waals surface area contributed by atoms with Gasteiger partial charge in [0.1, 0.15) is 5.75 Å². The van der Waals surface area contributed by atoms with Crippen molar-refractivity contribution >= 4 is 5.96 Å². The Hall–Kier alpha value is -2.29. The summed E-state index contributed by atoms with van der Waals surface area (Å²) in [7, 11) is 1.65. The summed E-state index contributed by atoms with van der Waals surface area (Å²) in [4.78, 5) is 4.16. The Balaban J connectivity index is 1.94. The molecule has 0 aromatic heterocycles. The van der Waals surface area contributed by atoms with Gasteiger partial charge in [-0.05, 0) is 25.3 Å². The van der Waals surface area contributed by atoms with Gasteiger partial charge in [-0.15, -0.1) is 0 Å². The summed E-state index contributed by atoms with van der Waals surface area (Å²) in [6.45, 7) is 4.93. The monoisotopic (exact) mass is 401 g/mol. The van der Waals surface area contributed by atoms with Gasteiger partial charge in [-0.2, -0.15) is 8.78 Å². The lowest BCUT2D eigenvalue weighted by molar-refractivity contribution is -0.0505. The molecular weight excluding hydrogens is 372 g/mol. The highest BCUT2D eigenvalue weighted by Gasteiger charge is 2.20. The van der Waals surface area contributed by atoms with E-state index in [0.717, 1.165) is 6.42 Å². The quantitative estimate of drug-likeness (QED) is 0.464. The summed E-state index contributed by atoms with van der Waals surface area (Å²) in [5.41, 5.74) is 0.516. The minimum Gasteiger partial charge on any atom is -0.454 e. The molecule has 0 fully saturated rings. The van der Waals surface area contributed by atoms with E-state index in [1.54, 1.807) is 13.1 Å². The third-order valence-corrected chi connectivity index (χ3v) is 4.29. The van der Waals surface area contributed by atoms with Gasteiger partial charge in [0.2, 0.25) is 6.79 Å². The van der Waals surface area contributed by atoms with Crippen LogP contribution < -0.4 is 24.8 Å². The van der Waals surface area contributed by atoms with Gasteiger partial charge in [0.05, 0.1) is 6.10 Å². The first-order chi connectivity index (χ1) is 13.4. The highest BCUT2D eigenvalue weighted by atomic mass is 19.3. The second kappa shape index (κ2) is 10.9. The second-order valence-electron chi connectivity index (χ2n) is 6.57. The van der Waals surface area contributed by atoms with Crippen molar-refractivity contribution in [2.24, 2.45) is 10.9 Å². The van der Waals surface area contributed by atoms with Crippen molar-refractivity contribution in [2.75, 3.05) is 27.0 Å². The molecule has 0 aliphatic carbocycles. The molecule has 0 spiro atoms. The Kier molecular flexibility index (Phi) is 8.56. The lowest BCUT2D eigenvalue weighted by atomic mass is 10.0. The second-order valence-corrected chi connectivity index (χ2v) is 6.57. The number of alkyl halides is 2. The molecular formula is C19H29F2N3O4. The minimum absolute atomic E-state index is 0.0402. The van der Waals surface area contributed by atoms with Crippen LogP contribution >= 0.6 is 0 Å². The van der Waals surface area contributed by atoms with Crippen LogP contribution in [0.2, 0.25) is 0 Å². The van der Waals surface area contributed by atoms with Crippen molar-refractivity contribution in [1.29, 1.82) is 0 Å². The summed E-state index contributed by atoms with van der Waals surface area (Å²) >= 11 is 0. The maximum atomic E-state index is 12.7. The number of nitrogens with zero attached hydrogens (tertiary/aromatic N) is 1. The first kappa shape index (κ1) is 22.0. The molecule has 158 valence electrons. The normalized spacial score (nSPS) is 14.5. The molecule has 1 aliphatic heterocycles. The number of hydrogen-bond acceptors (Lipinski definition) is 5. The van der Waals surface area contributed by atoms with Crippen molar-refractivity contribution < 1.29 is 27.7 Å². The zero-order valence-corrected chi connectivity index (χ0v) is 16.8. The molecule has 1 unspecified atom stereocenters. The molecule has 9 heteroatoms. The molecule has 2 N–H and O–H groups in total. The highest BCUT2D eigenvalue weighted by Crippen LogP contribution is 2.38. The predicted molar refractivity (Wildman–Crippen MR) is 102 cm³/mol. The van der Waals surface area contributed by atoms with E-state index in [9.17, 15) is 8.78 Å². The number of nitrogens with one attached hydrogen (secondary N) is 2. The molecule has 0 saturated heterocycles. The fourth-order valence-electron chi connectivity index (χ4n) is 2.86. The molecule has 28 heavy (non-hydrogen) atoms. The van der Waals surface area contributed by atoms with Gasteiger partial charge >= 0.3 is 6.61 Å². The van der Waals surface area contributed by atoms with Crippen LogP contribution in [-0.4, -0.2) is 45.7 Å². The third-order valence-electron chi connectivity index (χ3n) is 4.29. The van der Waals surface area contributed by atoms with E-state index in [4.69, 9.17) is 14.2 Å². The number of benzene rings is 1. The van der Waals surface area contributed by atoms with E-state index >= 15 is 0 Å². The molecule has 7 nitrogen and oxygen atoms in total. The van der Waals surface area contributed by atoms with Crippen LogP contribution in [-0.2, 0) is 11.3 Å². The molecule has 1 heterocycles. The van der Waals surface area contributed by atoms with Gasteiger partial charge in [-0.3, -0.25) is 4.99 Å². The van der Waals surface area contributed by atoms with Crippen LogP contribution in [0.3, 0.4) is 0 Å². The molecule has 0 bridgehead atoms. The fraction of sp³-hybridized carbons (Fsp3) is 0.632. The molecule has 0 saturated carbocycles. The van der Waals surface area contributed by atoms with Crippen molar-refractivity contribution in [1.82, 2.24) is 10.6 Å². The number of fused-ring (bicyclic) bond motifs is 1. The van der Waals surface area contributed by atoms with Crippen LogP contribution in [0, 0.1) is 5.92 Å². The van der Waals surface area contributed by atoms with Crippen LogP contribution in [0.5, 0.6) is 17.2 Å². The van der Waals surface area contributed by atoms with Gasteiger partial charge in [0, 0.05) is 38.4 Å². The van der Waals surface area contributed by atoms with E-state index in [1.165, 1.54) is 6.07 Å². The Bertz CT molecular complexity index is 656. The number of ether oxygens (including phenoxy) is 4. The van der Waals surface area contributed by atoms with Crippen molar-refractivity contribution in [3.05, 3.63) is 17.7 Å². The number of hydrogen-bond donors (Lipinski definition) is 2. The van der Waals surface area contributed by atoms with E-state index < -0.39 is 6.61 Å². The Labute approximate surface area is 164 Å². The molecule has 1 atom stereocenters. The summed E-state index contributed by atoms with van der Waals surface area (Å²) in [5, 5.41) is 6.31. The van der Waals surface area contributed by atoms with Crippen molar-refractivity contribution in [3.8, 4) is 17.2 Å². The average Bonchev–Trinajstić information content (AvgIpc) is 3.10. The molecule has 1 aliphatic rings. The summed E-state index contributed by atoms with van der Waals surface area (Å²) in [6, 6.07) is 3.04. The Morgan fingerprint density at radius 2 is 1.93 bits per heavy atom. The number of aliphatic imine (C=N–C) groups is 1. The standard InChI is InChI=1S/C19H29F2N3O4/c1-5-25-14(12(2)3)6-7-23-19(22-4)24-10-13-8-16-17(27-11-26-16)9-15(13)28-18(20)21/h8-9,12,14,18H,5-7,10-11H2,1-4H3,(H2,22,23,24). The van der Waals surface area contributed by atoms with Crippen LogP contribution in [0.15, 0.2) is 17.1 Å². The maximum Gasteiger partial charge on any atom is 0.387 e. The third kappa shape index (κ3) is 6.40. The molecule has 1 aromatic rings. The fourth-order valence-corrected chi connectivity index (χ4v) is 2.86. The van der Waals surface area contributed by atoms with Gasteiger partial charge in [-0.25, -0.2) is 0 Å². The average molecular weight is 401 g/mol. The first-order valence-corrected chi connectivity index (χ1v) is 9.38. The van der Waals surface area contributed by atoms with Crippen molar-refractivity contribution in [2.45, 2.75) is 46.5 Å². The SMILES string of the molecule is CCOC(CCNC(=NC)NCc1cc2c(cc1OC(F)F)OCO2)C(C)C. The molecule has 0 amide bonds. The van der Waals surface area contributed by atoms with Crippen LogP contribution in [0.1, 0.15) is 32.8 Å². The lowest BCUT2D eigenvalue weighted by Crippen LogP contribution is -2.39. The summed E-state index contributed by atoms with van der Waals surface area (Å²) in [5.74, 6) is 1.90. The van der Waals surface area contributed by atoms with Gasteiger partial charge < -0.3 is 29.6 Å². The molecule has 2 rings (SSSR count). The van der Waals surface area contributed by atoms with Gasteiger partial charge in [-0.1, -0.05) is 13.8 Å². The van der Waals surface area contributed by atoms with Crippen LogP contribution in [0.4, 0.5) is 8.78 Å². The van der Waals surface area contributed by atoms with E-state index in [-0.39, 0.29) is 25.2 Å². The maximum absolute atomic E-state index is 12.7. The largest absolute Gasteiger partial charge is 0.454 e. The predicted octanol–water partition coefficient (Wildman–Crippen LogP) is 3.13. The smallest absolute Gasteiger partial charge is 0.387 e. The summed E-state index contributed by atoms with van der Waals surface area (Å²) < 4.78 is 46.3. The van der Waals surface area contributed by atoms with Gasteiger partial charge in [0.25, 0.3) is 0 Å². The zero-order valence-electron chi connectivity index (χ0n) is 16.8. The van der Waals surface area contributed by atoms with Crippen molar-refractivity contribution in [3.63, 3.8) is 0 Å². The highest BCUT2D eigenvalue weighted by molar-refractivity contribution is 5.79. The number of guanidine groups is 1. The number of rotatable bonds is 10. The number of halogens is 2. The van der Waals surface area contributed by atoms with E-state index in [1.807, 2.05) is 6.92 Å². The van der Waals surface area contributed by atoms with Crippen LogP contribution in [0.25, 0.3) is 0 Å². The Morgan fingerprint density at radius 1 is 1.21 bits per heavy atom. The Morgan fingerprint density at radius 3 is 2.54 bits per heavy atom. The zero-order chi connectivity index (χ0) is 20.5. The molecule has 1 aromatic carbocycles. The van der Waals surface area contributed by atoms with E-state index in [2.05, 4.69) is 34.2 Å². The lowest BCUT2D eigenvalue weighted by Gasteiger charge is -2.21.